The van der Waals surface area contributed by atoms with Gasteiger partial charge in [0.05, 0.1) is 0 Å². The Balaban J connectivity index is 2.16. The molecule has 0 amide bonds. The monoisotopic (exact) mass is 260 g/mol. The summed E-state index contributed by atoms with van der Waals surface area (Å²) in [6.45, 7) is 3.96. The van der Waals surface area contributed by atoms with Gasteiger partial charge in [-0.1, -0.05) is 19.1 Å². The van der Waals surface area contributed by atoms with E-state index in [1.54, 1.807) is 18.2 Å². The van der Waals surface area contributed by atoms with Crippen LogP contribution < -0.4 is 11.1 Å². The summed E-state index contributed by atoms with van der Waals surface area (Å²) < 4.78 is 12.9. The van der Waals surface area contributed by atoms with Gasteiger partial charge in [-0.25, -0.2) is 14.4 Å². The maximum atomic E-state index is 12.9. The van der Waals surface area contributed by atoms with Crippen molar-refractivity contribution in [2.24, 2.45) is 0 Å². The number of hydrogen-bond acceptors (Lipinski definition) is 4. The van der Waals surface area contributed by atoms with E-state index >= 15 is 0 Å². The van der Waals surface area contributed by atoms with E-state index in [4.69, 9.17) is 5.73 Å². The lowest BCUT2D eigenvalue weighted by molar-refractivity contribution is 0.626. The minimum Gasteiger partial charge on any atom is -0.384 e. The first-order valence-electron chi connectivity index (χ1n) is 6.24. The molecule has 0 radical (unpaired) electrons. The SMILES string of the molecule is CCc1nc(N)cc(NC(C)c2ccc(F)cc2)n1. The Hall–Kier alpha value is -2.17. The lowest BCUT2D eigenvalue weighted by Crippen LogP contribution is -2.10. The first kappa shape index (κ1) is 13.3. The molecule has 1 aromatic heterocycles. The van der Waals surface area contributed by atoms with Gasteiger partial charge in [-0.3, -0.25) is 0 Å². The van der Waals surface area contributed by atoms with Crippen molar-refractivity contribution in [2.45, 2.75) is 26.3 Å². The summed E-state index contributed by atoms with van der Waals surface area (Å²) in [7, 11) is 0. The molecule has 19 heavy (non-hydrogen) atoms. The number of hydrogen-bond donors (Lipinski definition) is 2. The third-order valence-corrected chi connectivity index (χ3v) is 2.84. The Bertz CT molecular complexity index is 554. The van der Waals surface area contributed by atoms with Gasteiger partial charge in [0.2, 0.25) is 0 Å². The van der Waals surface area contributed by atoms with Crippen molar-refractivity contribution < 1.29 is 4.39 Å². The number of rotatable bonds is 4. The van der Waals surface area contributed by atoms with E-state index in [1.165, 1.54) is 12.1 Å². The van der Waals surface area contributed by atoms with E-state index in [0.29, 0.717) is 17.5 Å². The molecule has 2 rings (SSSR count). The van der Waals surface area contributed by atoms with Crippen molar-refractivity contribution in [1.29, 1.82) is 0 Å². The van der Waals surface area contributed by atoms with Gasteiger partial charge in [-0.05, 0) is 24.6 Å². The summed E-state index contributed by atoms with van der Waals surface area (Å²) in [5.41, 5.74) is 6.71. The summed E-state index contributed by atoms with van der Waals surface area (Å²) in [4.78, 5) is 8.48. The van der Waals surface area contributed by atoms with Gasteiger partial charge in [0.1, 0.15) is 23.3 Å². The standard InChI is InChI=1S/C14H17FN4/c1-3-13-18-12(16)8-14(19-13)17-9(2)10-4-6-11(15)7-5-10/h4-9H,3H2,1-2H3,(H3,16,17,18,19). The summed E-state index contributed by atoms with van der Waals surface area (Å²) in [5.74, 6) is 1.59. The van der Waals surface area contributed by atoms with Gasteiger partial charge in [-0.15, -0.1) is 0 Å². The molecule has 0 fully saturated rings. The molecule has 1 atom stereocenters. The van der Waals surface area contributed by atoms with E-state index in [9.17, 15) is 4.39 Å². The number of halogens is 1. The number of aryl methyl sites for hydroxylation is 1. The Morgan fingerprint density at radius 1 is 1.26 bits per heavy atom. The third kappa shape index (κ3) is 3.40. The zero-order chi connectivity index (χ0) is 13.8. The number of benzene rings is 1. The van der Waals surface area contributed by atoms with Crippen LogP contribution in [0.4, 0.5) is 16.0 Å². The Labute approximate surface area is 111 Å². The minimum atomic E-state index is -0.240. The van der Waals surface area contributed by atoms with Crippen LogP contribution in [0.1, 0.15) is 31.3 Å². The molecular weight excluding hydrogens is 243 g/mol. The van der Waals surface area contributed by atoms with Crippen molar-refractivity contribution in [3.8, 4) is 0 Å². The first-order chi connectivity index (χ1) is 9.08. The molecule has 2 aromatic rings. The summed E-state index contributed by atoms with van der Waals surface area (Å²) in [6, 6.07) is 8.09. The van der Waals surface area contributed by atoms with Crippen LogP contribution in [0, 0.1) is 5.82 Å². The van der Waals surface area contributed by atoms with E-state index in [2.05, 4.69) is 15.3 Å². The molecule has 0 aliphatic rings. The Morgan fingerprint density at radius 2 is 1.95 bits per heavy atom. The topological polar surface area (TPSA) is 63.8 Å². The molecule has 1 heterocycles. The minimum absolute atomic E-state index is 0.0135. The van der Waals surface area contributed by atoms with Crippen LogP contribution in [0.25, 0.3) is 0 Å². The predicted molar refractivity (Wildman–Crippen MR) is 74.3 cm³/mol. The molecule has 0 aliphatic heterocycles. The highest BCUT2D eigenvalue weighted by molar-refractivity contribution is 5.46. The number of nitrogens with two attached hydrogens (primary N) is 1. The first-order valence-corrected chi connectivity index (χ1v) is 6.24. The molecule has 0 bridgehead atoms. The van der Waals surface area contributed by atoms with Crippen LogP contribution in [0.5, 0.6) is 0 Å². The molecule has 4 nitrogen and oxygen atoms in total. The second-order valence-electron chi connectivity index (χ2n) is 4.37. The average Bonchev–Trinajstić information content (AvgIpc) is 2.38. The molecule has 1 unspecified atom stereocenters. The fourth-order valence-corrected chi connectivity index (χ4v) is 1.81. The predicted octanol–water partition coefficient (Wildman–Crippen LogP) is 2.93. The molecule has 0 saturated heterocycles. The number of nitrogen functional groups attached to an aromatic ring is 1. The van der Waals surface area contributed by atoms with Gasteiger partial charge < -0.3 is 11.1 Å². The van der Waals surface area contributed by atoms with Crippen LogP contribution in [-0.2, 0) is 6.42 Å². The van der Waals surface area contributed by atoms with Crippen LogP contribution in [0.3, 0.4) is 0 Å². The maximum Gasteiger partial charge on any atom is 0.132 e. The highest BCUT2D eigenvalue weighted by Crippen LogP contribution is 2.19. The van der Waals surface area contributed by atoms with Gasteiger partial charge in [0, 0.05) is 18.5 Å². The van der Waals surface area contributed by atoms with E-state index < -0.39 is 0 Å². The molecule has 5 heteroatoms. The number of nitrogens with one attached hydrogen (secondary N) is 1. The molecule has 0 saturated carbocycles. The van der Waals surface area contributed by atoms with E-state index in [-0.39, 0.29) is 11.9 Å². The zero-order valence-electron chi connectivity index (χ0n) is 11.0. The second kappa shape index (κ2) is 5.65. The van der Waals surface area contributed by atoms with Crippen molar-refractivity contribution >= 4 is 11.6 Å². The fraction of sp³-hybridized carbons (Fsp3) is 0.286. The highest BCUT2D eigenvalue weighted by Gasteiger charge is 2.08. The van der Waals surface area contributed by atoms with Gasteiger partial charge in [0.25, 0.3) is 0 Å². The largest absolute Gasteiger partial charge is 0.384 e. The summed E-state index contributed by atoms with van der Waals surface area (Å²) in [6.07, 6.45) is 0.727. The lowest BCUT2D eigenvalue weighted by atomic mass is 10.1. The molecule has 1 aromatic carbocycles. The molecular formula is C14H17FN4. The van der Waals surface area contributed by atoms with E-state index in [0.717, 1.165) is 12.0 Å². The second-order valence-corrected chi connectivity index (χ2v) is 4.37. The number of aromatic nitrogens is 2. The van der Waals surface area contributed by atoms with Crippen molar-refractivity contribution in [3.63, 3.8) is 0 Å². The molecule has 3 N–H and O–H groups in total. The number of nitrogens with zero attached hydrogens (tertiary/aromatic N) is 2. The van der Waals surface area contributed by atoms with Gasteiger partial charge in [0.15, 0.2) is 0 Å². The van der Waals surface area contributed by atoms with E-state index in [1.807, 2.05) is 13.8 Å². The molecule has 100 valence electrons. The smallest absolute Gasteiger partial charge is 0.132 e. The van der Waals surface area contributed by atoms with Crippen molar-refractivity contribution in [1.82, 2.24) is 9.97 Å². The average molecular weight is 260 g/mol. The molecule has 0 spiro atoms. The maximum absolute atomic E-state index is 12.9. The zero-order valence-corrected chi connectivity index (χ0v) is 11.0. The fourth-order valence-electron chi connectivity index (χ4n) is 1.81. The van der Waals surface area contributed by atoms with Crippen LogP contribution in [0.2, 0.25) is 0 Å². The third-order valence-electron chi connectivity index (χ3n) is 2.84. The van der Waals surface area contributed by atoms with Crippen LogP contribution in [-0.4, -0.2) is 9.97 Å². The van der Waals surface area contributed by atoms with Gasteiger partial charge >= 0.3 is 0 Å². The quantitative estimate of drug-likeness (QED) is 0.887. The summed E-state index contributed by atoms with van der Waals surface area (Å²) >= 11 is 0. The normalized spacial score (nSPS) is 12.2. The molecule has 0 aliphatic carbocycles. The van der Waals surface area contributed by atoms with Crippen LogP contribution >= 0.6 is 0 Å². The van der Waals surface area contributed by atoms with Crippen LogP contribution in [0.15, 0.2) is 30.3 Å². The number of anilines is 2. The van der Waals surface area contributed by atoms with Crippen molar-refractivity contribution in [3.05, 3.63) is 47.5 Å². The van der Waals surface area contributed by atoms with Crippen molar-refractivity contribution in [2.75, 3.05) is 11.1 Å². The highest BCUT2D eigenvalue weighted by atomic mass is 19.1. The Morgan fingerprint density at radius 3 is 2.58 bits per heavy atom. The lowest BCUT2D eigenvalue weighted by Gasteiger charge is -2.15. The van der Waals surface area contributed by atoms with Gasteiger partial charge in [-0.2, -0.15) is 0 Å². The summed E-state index contributed by atoms with van der Waals surface area (Å²) in [5, 5.41) is 3.24. The Kier molecular flexibility index (Phi) is 3.94.